The predicted molar refractivity (Wildman–Crippen MR) is 47.2 cm³/mol. The van der Waals surface area contributed by atoms with E-state index in [9.17, 15) is 0 Å². The average Bonchev–Trinajstić information content (AvgIpc) is 1.87. The average molecular weight is 154 g/mol. The van der Waals surface area contributed by atoms with Gasteiger partial charge in [0.15, 0.2) is 0 Å². The summed E-state index contributed by atoms with van der Waals surface area (Å²) in [6.07, 6.45) is 1.13. The molecule has 2 heteroatoms. The molecule has 0 amide bonds. The van der Waals surface area contributed by atoms with Crippen LogP contribution in [0.1, 0.15) is 27.2 Å². The van der Waals surface area contributed by atoms with E-state index >= 15 is 0 Å². The zero-order valence-corrected chi connectivity index (χ0v) is 7.80. The maximum atomic E-state index is 8.48. The second-order valence-electron chi connectivity index (χ2n) is 3.29. The molecule has 0 fully saturated rings. The summed E-state index contributed by atoms with van der Waals surface area (Å²) in [5, 5.41) is 8.48. The summed E-state index contributed by atoms with van der Waals surface area (Å²) in [4.78, 5) is 2.20. The van der Waals surface area contributed by atoms with Gasteiger partial charge in [-0.1, -0.05) is 20.8 Å². The van der Waals surface area contributed by atoms with Crippen molar-refractivity contribution < 1.29 is 0 Å². The summed E-state index contributed by atoms with van der Waals surface area (Å²) in [5.74, 6) is 0.662. The van der Waals surface area contributed by atoms with Crippen molar-refractivity contribution in [1.82, 2.24) is 4.90 Å². The quantitative estimate of drug-likeness (QED) is 0.565. The third-order valence-electron chi connectivity index (χ3n) is 1.46. The third-order valence-corrected chi connectivity index (χ3v) is 1.46. The predicted octanol–water partition coefficient (Wildman–Crippen LogP) is 1.88. The Hall–Kier alpha value is -0.550. The van der Waals surface area contributed by atoms with Crippen molar-refractivity contribution in [2.45, 2.75) is 27.2 Å². The maximum absolute atomic E-state index is 8.48. The first-order valence-electron chi connectivity index (χ1n) is 4.30. The Morgan fingerprint density at radius 1 is 1.45 bits per heavy atom. The fourth-order valence-electron chi connectivity index (χ4n) is 1.17. The molecule has 0 aliphatic carbocycles. The second-order valence-corrected chi connectivity index (χ2v) is 3.29. The van der Waals surface area contributed by atoms with Gasteiger partial charge in [0.1, 0.15) is 0 Å². The molecular formula is C9H18N2. The minimum Gasteiger partial charge on any atom is -0.290 e. The molecule has 64 valence electrons. The van der Waals surface area contributed by atoms with E-state index in [1.807, 2.05) is 0 Å². The Labute approximate surface area is 69.8 Å². The van der Waals surface area contributed by atoms with E-state index in [-0.39, 0.29) is 0 Å². The van der Waals surface area contributed by atoms with Gasteiger partial charge >= 0.3 is 0 Å². The summed E-state index contributed by atoms with van der Waals surface area (Å²) in [6, 6.07) is 2.18. The van der Waals surface area contributed by atoms with Crippen molar-refractivity contribution >= 4 is 0 Å². The van der Waals surface area contributed by atoms with Crippen LogP contribution < -0.4 is 0 Å². The van der Waals surface area contributed by atoms with Gasteiger partial charge in [-0.15, -0.1) is 0 Å². The van der Waals surface area contributed by atoms with Crippen LogP contribution in [0.4, 0.5) is 0 Å². The molecule has 0 aromatic carbocycles. The Balaban J connectivity index is 3.61. The normalized spacial score (nSPS) is 10.5. The summed E-state index contributed by atoms with van der Waals surface area (Å²) in [7, 11) is 0. The Kier molecular flexibility index (Phi) is 5.87. The van der Waals surface area contributed by atoms with E-state index in [4.69, 9.17) is 5.26 Å². The van der Waals surface area contributed by atoms with Crippen LogP contribution in [0, 0.1) is 17.2 Å². The van der Waals surface area contributed by atoms with Crippen LogP contribution >= 0.6 is 0 Å². The van der Waals surface area contributed by atoms with E-state index in [1.165, 1.54) is 0 Å². The minimum atomic E-state index is 0.575. The first kappa shape index (κ1) is 10.4. The molecule has 0 rings (SSSR count). The molecule has 0 saturated heterocycles. The summed E-state index contributed by atoms with van der Waals surface area (Å²) >= 11 is 0. The van der Waals surface area contributed by atoms with Crippen molar-refractivity contribution in [2.75, 3.05) is 19.6 Å². The topological polar surface area (TPSA) is 27.0 Å². The summed E-state index contributed by atoms with van der Waals surface area (Å²) < 4.78 is 0. The zero-order valence-electron chi connectivity index (χ0n) is 7.80. The van der Waals surface area contributed by atoms with Gasteiger partial charge in [-0.05, 0) is 18.9 Å². The molecule has 0 unspecified atom stereocenters. The molecule has 0 aromatic rings. The Morgan fingerprint density at radius 3 is 2.45 bits per heavy atom. The number of nitrogens with zero attached hydrogens (tertiary/aromatic N) is 2. The van der Waals surface area contributed by atoms with Crippen molar-refractivity contribution in [3.63, 3.8) is 0 Å². The standard InChI is InChI=1S/C9H18N2/c1-4-6-11(7-5-10)8-9(2)3/h9H,4,6-8H2,1-3H3. The molecule has 11 heavy (non-hydrogen) atoms. The van der Waals surface area contributed by atoms with E-state index in [1.54, 1.807) is 0 Å². The van der Waals surface area contributed by atoms with Crippen LogP contribution in [-0.4, -0.2) is 24.5 Å². The first-order valence-corrected chi connectivity index (χ1v) is 4.30. The van der Waals surface area contributed by atoms with Crippen molar-refractivity contribution in [3.05, 3.63) is 0 Å². The van der Waals surface area contributed by atoms with Crippen LogP contribution in [0.5, 0.6) is 0 Å². The van der Waals surface area contributed by atoms with Crippen LogP contribution in [0.3, 0.4) is 0 Å². The lowest BCUT2D eigenvalue weighted by molar-refractivity contribution is 0.272. The molecule has 0 N–H and O–H groups in total. The number of rotatable bonds is 5. The number of hydrogen-bond acceptors (Lipinski definition) is 2. The highest BCUT2D eigenvalue weighted by atomic mass is 15.1. The lowest BCUT2D eigenvalue weighted by Gasteiger charge is -2.19. The molecule has 0 heterocycles. The lowest BCUT2D eigenvalue weighted by Crippen LogP contribution is -2.28. The highest BCUT2D eigenvalue weighted by Gasteiger charge is 2.04. The molecule has 0 aliphatic heterocycles. The molecule has 0 bridgehead atoms. The van der Waals surface area contributed by atoms with Gasteiger partial charge in [0.05, 0.1) is 12.6 Å². The van der Waals surface area contributed by atoms with Gasteiger partial charge in [0.25, 0.3) is 0 Å². The van der Waals surface area contributed by atoms with Crippen LogP contribution in [0.25, 0.3) is 0 Å². The van der Waals surface area contributed by atoms with Crippen LogP contribution in [0.2, 0.25) is 0 Å². The molecule has 0 atom stereocenters. The zero-order chi connectivity index (χ0) is 8.69. The van der Waals surface area contributed by atoms with Gasteiger partial charge in [-0.2, -0.15) is 5.26 Å². The van der Waals surface area contributed by atoms with Crippen molar-refractivity contribution in [1.29, 1.82) is 5.26 Å². The molecule has 0 aliphatic rings. The van der Waals surface area contributed by atoms with Crippen molar-refractivity contribution in [2.24, 2.45) is 5.92 Å². The molecule has 0 saturated carbocycles. The fourth-order valence-corrected chi connectivity index (χ4v) is 1.17. The van der Waals surface area contributed by atoms with E-state index in [0.717, 1.165) is 19.5 Å². The van der Waals surface area contributed by atoms with Gasteiger partial charge in [-0.3, -0.25) is 4.90 Å². The third kappa shape index (κ3) is 5.87. The first-order chi connectivity index (χ1) is 5.20. The van der Waals surface area contributed by atoms with Gasteiger partial charge < -0.3 is 0 Å². The molecule has 2 nitrogen and oxygen atoms in total. The Bertz CT molecular complexity index is 124. The second kappa shape index (κ2) is 6.18. The molecular weight excluding hydrogens is 136 g/mol. The van der Waals surface area contributed by atoms with E-state index < -0.39 is 0 Å². The highest BCUT2D eigenvalue weighted by molar-refractivity contribution is 4.76. The monoisotopic (exact) mass is 154 g/mol. The van der Waals surface area contributed by atoms with Crippen LogP contribution in [-0.2, 0) is 0 Å². The summed E-state index contributed by atoms with van der Waals surface area (Å²) in [5.41, 5.74) is 0. The minimum absolute atomic E-state index is 0.575. The lowest BCUT2D eigenvalue weighted by atomic mass is 10.2. The van der Waals surface area contributed by atoms with E-state index in [2.05, 4.69) is 31.7 Å². The number of nitriles is 1. The van der Waals surface area contributed by atoms with Crippen molar-refractivity contribution in [3.8, 4) is 6.07 Å². The SMILES string of the molecule is CCCN(CC#N)CC(C)C. The molecule has 0 spiro atoms. The fraction of sp³-hybridized carbons (Fsp3) is 0.889. The smallest absolute Gasteiger partial charge is 0.0866 e. The largest absolute Gasteiger partial charge is 0.290 e. The van der Waals surface area contributed by atoms with Gasteiger partial charge in [0, 0.05) is 6.54 Å². The van der Waals surface area contributed by atoms with E-state index in [0.29, 0.717) is 12.5 Å². The maximum Gasteiger partial charge on any atom is 0.0866 e. The molecule has 0 aromatic heterocycles. The van der Waals surface area contributed by atoms with Gasteiger partial charge in [0.2, 0.25) is 0 Å². The van der Waals surface area contributed by atoms with Gasteiger partial charge in [-0.25, -0.2) is 0 Å². The Morgan fingerprint density at radius 2 is 2.09 bits per heavy atom. The summed E-state index contributed by atoms with van der Waals surface area (Å²) in [6.45, 7) is 9.17. The molecule has 0 radical (unpaired) electrons. The van der Waals surface area contributed by atoms with Crippen LogP contribution in [0.15, 0.2) is 0 Å². The number of hydrogen-bond donors (Lipinski definition) is 0. The highest BCUT2D eigenvalue weighted by Crippen LogP contribution is 1.98.